The van der Waals surface area contributed by atoms with Crippen LogP contribution in [0, 0.1) is 6.92 Å². The number of amides is 2. The van der Waals surface area contributed by atoms with E-state index in [2.05, 4.69) is 10.1 Å². The minimum absolute atomic E-state index is 0.0450. The van der Waals surface area contributed by atoms with Crippen molar-refractivity contribution in [3.05, 3.63) is 41.5 Å². The second-order valence-corrected chi connectivity index (χ2v) is 6.60. The predicted molar refractivity (Wildman–Crippen MR) is 89.8 cm³/mol. The third kappa shape index (κ3) is 2.59. The molecule has 2 atom stereocenters. The van der Waals surface area contributed by atoms with E-state index in [1.54, 1.807) is 16.7 Å². The highest BCUT2D eigenvalue weighted by atomic mass is 16.5. The van der Waals surface area contributed by atoms with Crippen LogP contribution in [0.2, 0.25) is 0 Å². The SMILES string of the molecule is CC(=O)N1c2ccccc2C[C@H]1C(=O)N1CCC[C@H]1c1noc(C)n1. The smallest absolute Gasteiger partial charge is 0.246 e. The zero-order chi connectivity index (χ0) is 17.6. The highest BCUT2D eigenvalue weighted by molar-refractivity contribution is 6.02. The van der Waals surface area contributed by atoms with Crippen LogP contribution in [-0.4, -0.2) is 39.4 Å². The Morgan fingerprint density at radius 1 is 1.28 bits per heavy atom. The van der Waals surface area contributed by atoms with Gasteiger partial charge in [0.05, 0.1) is 6.04 Å². The quantitative estimate of drug-likeness (QED) is 0.835. The first-order valence-electron chi connectivity index (χ1n) is 8.54. The zero-order valence-electron chi connectivity index (χ0n) is 14.3. The number of fused-ring (bicyclic) bond motifs is 1. The van der Waals surface area contributed by atoms with Crippen LogP contribution in [0.4, 0.5) is 5.69 Å². The third-order valence-corrected chi connectivity index (χ3v) is 4.98. The lowest BCUT2D eigenvalue weighted by Gasteiger charge is -2.30. The van der Waals surface area contributed by atoms with Crippen molar-refractivity contribution >= 4 is 17.5 Å². The number of benzene rings is 1. The van der Waals surface area contributed by atoms with Crippen LogP contribution in [0.15, 0.2) is 28.8 Å². The fraction of sp³-hybridized carbons (Fsp3) is 0.444. The van der Waals surface area contributed by atoms with Gasteiger partial charge in [-0.05, 0) is 24.5 Å². The van der Waals surface area contributed by atoms with Gasteiger partial charge in [0.2, 0.25) is 17.7 Å². The molecule has 2 aliphatic heterocycles. The molecule has 0 radical (unpaired) electrons. The van der Waals surface area contributed by atoms with Crippen molar-refractivity contribution in [3.63, 3.8) is 0 Å². The Labute approximate surface area is 145 Å². The molecule has 0 unspecified atom stereocenters. The van der Waals surface area contributed by atoms with Crippen LogP contribution in [-0.2, 0) is 16.0 Å². The average Bonchev–Trinajstić information content (AvgIpc) is 3.30. The summed E-state index contributed by atoms with van der Waals surface area (Å²) in [6.07, 6.45) is 2.25. The van der Waals surface area contributed by atoms with Gasteiger partial charge in [-0.15, -0.1) is 0 Å². The number of anilines is 1. The normalized spacial score (nSPS) is 22.3. The third-order valence-electron chi connectivity index (χ3n) is 4.98. The lowest BCUT2D eigenvalue weighted by Crippen LogP contribution is -2.49. The van der Waals surface area contributed by atoms with Gasteiger partial charge < -0.3 is 9.42 Å². The molecule has 0 spiro atoms. The van der Waals surface area contributed by atoms with Crippen LogP contribution in [0.1, 0.15) is 43.1 Å². The Morgan fingerprint density at radius 3 is 2.80 bits per heavy atom. The zero-order valence-corrected chi connectivity index (χ0v) is 14.3. The number of aromatic nitrogens is 2. The van der Waals surface area contributed by atoms with Crippen LogP contribution in [0.25, 0.3) is 0 Å². The van der Waals surface area contributed by atoms with E-state index < -0.39 is 6.04 Å². The first-order chi connectivity index (χ1) is 12.1. The lowest BCUT2D eigenvalue weighted by atomic mass is 10.1. The van der Waals surface area contributed by atoms with Crippen molar-refractivity contribution in [3.8, 4) is 0 Å². The first kappa shape index (κ1) is 15.8. The molecule has 0 bridgehead atoms. The Bertz CT molecular complexity index is 831. The standard InChI is InChI=1S/C18H20N4O3/c1-11-19-17(20-25-11)15-8-5-9-21(15)18(24)16-10-13-6-3-4-7-14(13)22(16)12(2)23/h3-4,6-7,15-16H,5,8-10H2,1-2H3/t15-,16-/m0/s1. The van der Waals surface area contributed by atoms with E-state index in [9.17, 15) is 9.59 Å². The largest absolute Gasteiger partial charge is 0.340 e. The van der Waals surface area contributed by atoms with Crippen molar-refractivity contribution in [2.24, 2.45) is 0 Å². The van der Waals surface area contributed by atoms with Gasteiger partial charge in [-0.2, -0.15) is 4.98 Å². The van der Waals surface area contributed by atoms with Gasteiger partial charge in [-0.25, -0.2) is 0 Å². The fourth-order valence-electron chi connectivity index (χ4n) is 3.91. The van der Waals surface area contributed by atoms with Crippen LogP contribution in [0.5, 0.6) is 0 Å². The van der Waals surface area contributed by atoms with Crippen LogP contribution < -0.4 is 4.90 Å². The number of aryl methyl sites for hydroxylation is 1. The molecule has 25 heavy (non-hydrogen) atoms. The van der Waals surface area contributed by atoms with Crippen molar-refractivity contribution < 1.29 is 14.1 Å². The molecule has 1 fully saturated rings. The number of carbonyl (C=O) groups excluding carboxylic acids is 2. The van der Waals surface area contributed by atoms with Gasteiger partial charge in [0, 0.05) is 32.5 Å². The number of likely N-dealkylation sites (tertiary alicyclic amines) is 1. The minimum atomic E-state index is -0.497. The van der Waals surface area contributed by atoms with E-state index in [0.29, 0.717) is 24.7 Å². The second-order valence-electron chi connectivity index (χ2n) is 6.60. The summed E-state index contributed by atoms with van der Waals surface area (Å²) in [5.41, 5.74) is 1.86. The summed E-state index contributed by atoms with van der Waals surface area (Å²) >= 11 is 0. The molecule has 7 heteroatoms. The molecule has 2 aromatic rings. The maximum absolute atomic E-state index is 13.3. The molecule has 1 aromatic heterocycles. The molecule has 2 amide bonds. The number of hydrogen-bond acceptors (Lipinski definition) is 5. The van der Waals surface area contributed by atoms with Gasteiger partial charge in [0.25, 0.3) is 0 Å². The molecule has 130 valence electrons. The number of carbonyl (C=O) groups is 2. The molecule has 1 aromatic carbocycles. The minimum Gasteiger partial charge on any atom is -0.340 e. The lowest BCUT2D eigenvalue weighted by molar-refractivity contribution is -0.135. The van der Waals surface area contributed by atoms with Crippen molar-refractivity contribution in [1.29, 1.82) is 0 Å². The van der Waals surface area contributed by atoms with E-state index >= 15 is 0 Å². The van der Waals surface area contributed by atoms with E-state index in [1.807, 2.05) is 24.3 Å². The molecule has 0 N–H and O–H groups in total. The molecular formula is C18H20N4O3. The van der Waals surface area contributed by atoms with Crippen molar-refractivity contribution in [1.82, 2.24) is 15.0 Å². The Hall–Kier alpha value is -2.70. The van der Waals surface area contributed by atoms with E-state index in [4.69, 9.17) is 4.52 Å². The number of nitrogens with zero attached hydrogens (tertiary/aromatic N) is 4. The van der Waals surface area contributed by atoms with Crippen LogP contribution >= 0.6 is 0 Å². The summed E-state index contributed by atoms with van der Waals surface area (Å²) in [7, 11) is 0. The van der Waals surface area contributed by atoms with E-state index in [-0.39, 0.29) is 17.9 Å². The summed E-state index contributed by atoms with van der Waals surface area (Å²) < 4.78 is 5.08. The number of hydrogen-bond donors (Lipinski definition) is 0. The average molecular weight is 340 g/mol. The molecule has 0 aliphatic carbocycles. The number of para-hydroxylation sites is 1. The Kier molecular flexibility index (Phi) is 3.78. The first-order valence-corrected chi connectivity index (χ1v) is 8.54. The van der Waals surface area contributed by atoms with Gasteiger partial charge in [-0.3, -0.25) is 14.5 Å². The molecule has 4 rings (SSSR count). The van der Waals surface area contributed by atoms with Gasteiger partial charge >= 0.3 is 0 Å². The topological polar surface area (TPSA) is 79.5 Å². The predicted octanol–water partition coefficient (Wildman–Crippen LogP) is 2.02. The Balaban J connectivity index is 1.63. The summed E-state index contributed by atoms with van der Waals surface area (Å²) in [5, 5.41) is 3.99. The van der Waals surface area contributed by atoms with Gasteiger partial charge in [-0.1, -0.05) is 23.4 Å². The van der Waals surface area contributed by atoms with Gasteiger partial charge in [0.1, 0.15) is 6.04 Å². The van der Waals surface area contributed by atoms with Crippen molar-refractivity contribution in [2.45, 2.75) is 45.2 Å². The van der Waals surface area contributed by atoms with E-state index in [0.717, 1.165) is 24.1 Å². The van der Waals surface area contributed by atoms with Crippen LogP contribution in [0.3, 0.4) is 0 Å². The van der Waals surface area contributed by atoms with E-state index in [1.165, 1.54) is 6.92 Å². The summed E-state index contributed by atoms with van der Waals surface area (Å²) in [5.74, 6) is 0.881. The molecule has 3 heterocycles. The fourth-order valence-corrected chi connectivity index (χ4v) is 3.91. The highest BCUT2D eigenvalue weighted by Crippen LogP contribution is 2.36. The van der Waals surface area contributed by atoms with Gasteiger partial charge in [0.15, 0.2) is 5.82 Å². The molecule has 0 saturated carbocycles. The summed E-state index contributed by atoms with van der Waals surface area (Å²) in [6.45, 7) is 3.89. The second kappa shape index (κ2) is 5.98. The summed E-state index contributed by atoms with van der Waals surface area (Å²) in [4.78, 5) is 33.2. The Morgan fingerprint density at radius 2 is 2.08 bits per heavy atom. The van der Waals surface area contributed by atoms with Crippen molar-refractivity contribution in [2.75, 3.05) is 11.4 Å². The number of rotatable bonds is 2. The maximum atomic E-state index is 13.3. The molecule has 2 aliphatic rings. The molecule has 1 saturated heterocycles. The monoisotopic (exact) mass is 340 g/mol. The molecule has 7 nitrogen and oxygen atoms in total. The highest BCUT2D eigenvalue weighted by Gasteiger charge is 2.43. The summed E-state index contributed by atoms with van der Waals surface area (Å²) in [6, 6.07) is 7.02. The maximum Gasteiger partial charge on any atom is 0.246 e. The molecular weight excluding hydrogens is 320 g/mol.